The molecule has 1 heterocycles. The van der Waals surface area contributed by atoms with Crippen molar-refractivity contribution in [2.24, 2.45) is 0 Å². The van der Waals surface area contributed by atoms with Crippen LogP contribution < -0.4 is 16.2 Å². The fourth-order valence-corrected chi connectivity index (χ4v) is 3.02. The van der Waals surface area contributed by atoms with Crippen LogP contribution in [0.15, 0.2) is 16.9 Å². The zero-order valence-electron chi connectivity index (χ0n) is 17.5. The Hall–Kier alpha value is -2.96. The number of anilines is 1. The SMILES string of the molecule is Cc1cc(C)c(NC(=O)CNC(=O)c2c(C)nc(C(C)(C)C)[nH]c2=O)c(C)c1. The Balaban J connectivity index is 2.11. The van der Waals surface area contributed by atoms with E-state index in [0.717, 1.165) is 22.4 Å². The van der Waals surface area contributed by atoms with Crippen LogP contribution in [0, 0.1) is 27.7 Å². The number of carbonyl (C=O) groups is 2. The molecule has 0 bridgehead atoms. The zero-order valence-corrected chi connectivity index (χ0v) is 17.5. The Bertz CT molecular complexity index is 961. The second-order valence-corrected chi connectivity index (χ2v) is 8.13. The fourth-order valence-electron chi connectivity index (χ4n) is 3.02. The van der Waals surface area contributed by atoms with E-state index in [1.165, 1.54) is 0 Å². The molecule has 2 rings (SSSR count). The third kappa shape index (κ3) is 4.85. The molecule has 1 aromatic carbocycles. The molecule has 1 aromatic heterocycles. The minimum atomic E-state index is -0.626. The summed E-state index contributed by atoms with van der Waals surface area (Å²) in [5.41, 5.74) is 3.14. The molecular weight excluding hydrogens is 356 g/mol. The van der Waals surface area contributed by atoms with Gasteiger partial charge in [-0.05, 0) is 38.8 Å². The highest BCUT2D eigenvalue weighted by Crippen LogP contribution is 2.21. The summed E-state index contributed by atoms with van der Waals surface area (Å²) in [6, 6.07) is 3.96. The Morgan fingerprint density at radius 3 is 2.14 bits per heavy atom. The van der Waals surface area contributed by atoms with Crippen molar-refractivity contribution in [1.82, 2.24) is 15.3 Å². The van der Waals surface area contributed by atoms with Crippen LogP contribution in [0.1, 0.15) is 59.3 Å². The molecular formula is C21H28N4O3. The molecule has 2 aromatic rings. The first-order chi connectivity index (χ1) is 12.9. The second kappa shape index (κ2) is 7.96. The normalized spacial score (nSPS) is 11.2. The van der Waals surface area contributed by atoms with Gasteiger partial charge in [-0.3, -0.25) is 14.4 Å². The Labute approximate surface area is 165 Å². The maximum absolute atomic E-state index is 12.4. The first-order valence-electron chi connectivity index (χ1n) is 9.17. The number of aryl methyl sites for hydroxylation is 4. The average Bonchev–Trinajstić information content (AvgIpc) is 2.54. The van der Waals surface area contributed by atoms with Gasteiger partial charge in [0.2, 0.25) is 5.91 Å². The molecule has 0 radical (unpaired) electrons. The third-order valence-corrected chi connectivity index (χ3v) is 4.39. The van der Waals surface area contributed by atoms with Crippen LogP contribution in [0.3, 0.4) is 0 Å². The predicted molar refractivity (Wildman–Crippen MR) is 110 cm³/mol. The molecule has 7 heteroatoms. The van der Waals surface area contributed by atoms with Crippen molar-refractivity contribution in [1.29, 1.82) is 0 Å². The minimum Gasteiger partial charge on any atom is -0.343 e. The van der Waals surface area contributed by atoms with E-state index in [1.807, 2.05) is 53.7 Å². The largest absolute Gasteiger partial charge is 0.343 e. The summed E-state index contributed by atoms with van der Waals surface area (Å²) in [5.74, 6) is -0.481. The number of amides is 2. The van der Waals surface area contributed by atoms with Crippen LogP contribution in [0.2, 0.25) is 0 Å². The van der Waals surface area contributed by atoms with Gasteiger partial charge in [-0.2, -0.15) is 0 Å². The monoisotopic (exact) mass is 384 g/mol. The van der Waals surface area contributed by atoms with Crippen LogP contribution in [-0.4, -0.2) is 28.3 Å². The van der Waals surface area contributed by atoms with Gasteiger partial charge in [-0.1, -0.05) is 38.5 Å². The number of hydrogen-bond donors (Lipinski definition) is 3. The van der Waals surface area contributed by atoms with Gasteiger partial charge >= 0.3 is 0 Å². The molecule has 0 aliphatic heterocycles. The molecule has 7 nitrogen and oxygen atoms in total. The number of H-pyrrole nitrogens is 1. The first kappa shape index (κ1) is 21.3. The fraction of sp³-hybridized carbons (Fsp3) is 0.429. The predicted octanol–water partition coefficient (Wildman–Crippen LogP) is 2.67. The number of aromatic nitrogens is 2. The Morgan fingerprint density at radius 1 is 1.07 bits per heavy atom. The third-order valence-electron chi connectivity index (χ3n) is 4.39. The number of nitrogens with one attached hydrogen (secondary N) is 3. The highest BCUT2D eigenvalue weighted by atomic mass is 16.2. The number of rotatable bonds is 4. The lowest BCUT2D eigenvalue weighted by Gasteiger charge is -2.18. The van der Waals surface area contributed by atoms with Crippen molar-refractivity contribution in [2.45, 2.75) is 53.9 Å². The van der Waals surface area contributed by atoms with Crippen LogP contribution >= 0.6 is 0 Å². The van der Waals surface area contributed by atoms with Gasteiger partial charge < -0.3 is 15.6 Å². The van der Waals surface area contributed by atoms with Crippen LogP contribution in [0.25, 0.3) is 0 Å². The van der Waals surface area contributed by atoms with E-state index in [1.54, 1.807) is 6.92 Å². The topological polar surface area (TPSA) is 104 Å². The molecule has 0 saturated carbocycles. The lowest BCUT2D eigenvalue weighted by atomic mass is 9.95. The van der Waals surface area contributed by atoms with E-state index in [0.29, 0.717) is 11.5 Å². The zero-order chi connectivity index (χ0) is 21.2. The quantitative estimate of drug-likeness (QED) is 0.754. The van der Waals surface area contributed by atoms with Crippen molar-refractivity contribution < 1.29 is 9.59 Å². The van der Waals surface area contributed by atoms with Gasteiger partial charge in [0.05, 0.1) is 12.2 Å². The van der Waals surface area contributed by atoms with E-state index < -0.39 is 11.5 Å². The van der Waals surface area contributed by atoms with Crippen LogP contribution in [0.5, 0.6) is 0 Å². The van der Waals surface area contributed by atoms with E-state index in [-0.39, 0.29) is 23.4 Å². The molecule has 3 N–H and O–H groups in total. The Morgan fingerprint density at radius 2 is 1.64 bits per heavy atom. The summed E-state index contributed by atoms with van der Waals surface area (Å²) >= 11 is 0. The molecule has 150 valence electrons. The number of aromatic amines is 1. The van der Waals surface area contributed by atoms with Crippen molar-refractivity contribution in [3.63, 3.8) is 0 Å². The summed E-state index contributed by atoms with van der Waals surface area (Å²) in [4.78, 5) is 44.0. The van der Waals surface area contributed by atoms with Crippen molar-refractivity contribution in [3.05, 3.63) is 56.3 Å². The minimum absolute atomic E-state index is 0.0801. The number of nitrogens with zero attached hydrogens (tertiary/aromatic N) is 1. The summed E-state index contributed by atoms with van der Waals surface area (Å²) in [6.45, 7) is 12.9. The van der Waals surface area contributed by atoms with E-state index in [2.05, 4.69) is 20.6 Å². The molecule has 0 aliphatic rings. The van der Waals surface area contributed by atoms with Gasteiger partial charge in [-0.15, -0.1) is 0 Å². The van der Waals surface area contributed by atoms with Crippen molar-refractivity contribution in [3.8, 4) is 0 Å². The van der Waals surface area contributed by atoms with Crippen molar-refractivity contribution in [2.75, 3.05) is 11.9 Å². The number of carbonyl (C=O) groups excluding carboxylic acids is 2. The molecule has 2 amide bonds. The summed E-state index contributed by atoms with van der Waals surface area (Å²) in [5, 5.41) is 5.31. The molecule has 0 atom stereocenters. The Kier molecular flexibility index (Phi) is 6.07. The van der Waals surface area contributed by atoms with Gasteiger partial charge in [0.25, 0.3) is 11.5 Å². The maximum atomic E-state index is 12.4. The van der Waals surface area contributed by atoms with Crippen molar-refractivity contribution >= 4 is 17.5 Å². The van der Waals surface area contributed by atoms with E-state index in [4.69, 9.17) is 0 Å². The summed E-state index contributed by atoms with van der Waals surface area (Å²) < 4.78 is 0. The molecule has 0 unspecified atom stereocenters. The molecule has 0 saturated heterocycles. The van der Waals surface area contributed by atoms with Gasteiger partial charge in [0.1, 0.15) is 11.4 Å². The lowest BCUT2D eigenvalue weighted by molar-refractivity contribution is -0.115. The summed E-state index contributed by atoms with van der Waals surface area (Å²) in [6.07, 6.45) is 0. The first-order valence-corrected chi connectivity index (χ1v) is 9.17. The second-order valence-electron chi connectivity index (χ2n) is 8.13. The van der Waals surface area contributed by atoms with Crippen LogP contribution in [0.4, 0.5) is 5.69 Å². The van der Waals surface area contributed by atoms with E-state index in [9.17, 15) is 14.4 Å². The van der Waals surface area contributed by atoms with Gasteiger partial charge in [0.15, 0.2) is 0 Å². The highest BCUT2D eigenvalue weighted by Gasteiger charge is 2.22. The highest BCUT2D eigenvalue weighted by molar-refractivity contribution is 6.00. The number of hydrogen-bond acceptors (Lipinski definition) is 4. The molecule has 0 spiro atoms. The number of benzene rings is 1. The summed E-state index contributed by atoms with van der Waals surface area (Å²) in [7, 11) is 0. The molecule has 28 heavy (non-hydrogen) atoms. The average molecular weight is 384 g/mol. The maximum Gasteiger partial charge on any atom is 0.264 e. The van der Waals surface area contributed by atoms with Gasteiger partial charge in [-0.25, -0.2) is 4.98 Å². The lowest BCUT2D eigenvalue weighted by Crippen LogP contribution is -2.37. The van der Waals surface area contributed by atoms with Crippen LogP contribution in [-0.2, 0) is 10.2 Å². The smallest absolute Gasteiger partial charge is 0.264 e. The molecule has 0 fully saturated rings. The van der Waals surface area contributed by atoms with E-state index >= 15 is 0 Å². The standard InChI is InChI=1S/C21H28N4O3/c1-11-8-12(2)17(13(3)9-11)24-15(26)10-22-18(27)16-14(4)23-20(21(5,6)7)25-19(16)28/h8-9H,10H2,1-7H3,(H,22,27)(H,24,26)(H,23,25,28). The van der Waals surface area contributed by atoms with Gasteiger partial charge in [0, 0.05) is 11.1 Å². The molecule has 0 aliphatic carbocycles.